The summed E-state index contributed by atoms with van der Waals surface area (Å²) in [5.41, 5.74) is 11.3. The number of rotatable bonds is 4. The Morgan fingerprint density at radius 2 is 1.97 bits per heavy atom. The molecule has 1 amide bonds. The van der Waals surface area contributed by atoms with E-state index in [1.165, 1.54) is 0 Å². The molecule has 4 rings (SSSR count). The lowest BCUT2D eigenvalue weighted by Crippen LogP contribution is -2.29. The van der Waals surface area contributed by atoms with Crippen molar-refractivity contribution in [2.24, 2.45) is 17.1 Å². The molecule has 0 radical (unpaired) electrons. The summed E-state index contributed by atoms with van der Waals surface area (Å²) >= 11 is 0. The number of aromatic nitrogens is 1. The molecule has 3 N–H and O–H groups in total. The van der Waals surface area contributed by atoms with Crippen LogP contribution in [0.25, 0.3) is 5.69 Å². The number of nitrogens with zero attached hydrogens (tertiary/aromatic N) is 1. The molecule has 5 heteroatoms. The van der Waals surface area contributed by atoms with Crippen LogP contribution in [0.3, 0.4) is 0 Å². The Morgan fingerprint density at radius 3 is 2.66 bits per heavy atom. The molecule has 1 fully saturated rings. The molecule has 0 spiro atoms. The second kappa shape index (κ2) is 7.45. The number of fused-ring (bicyclic) bond motifs is 1. The summed E-state index contributed by atoms with van der Waals surface area (Å²) in [5, 5.41) is 3.40. The molecule has 0 atom stereocenters. The van der Waals surface area contributed by atoms with Gasteiger partial charge >= 0.3 is 0 Å². The average molecular weight is 394 g/mol. The fraction of sp³-hybridized carbons (Fsp3) is 0.500. The molecule has 1 aromatic heterocycles. The van der Waals surface area contributed by atoms with E-state index >= 15 is 0 Å². The Kier molecular flexibility index (Phi) is 5.11. The van der Waals surface area contributed by atoms with Gasteiger partial charge in [0.05, 0.1) is 0 Å². The summed E-state index contributed by atoms with van der Waals surface area (Å²) in [6, 6.07) is 5.91. The number of carbonyl (C=O) groups is 2. The first-order chi connectivity index (χ1) is 13.7. The number of amides is 1. The smallest absolute Gasteiger partial charge is 0.248 e. The summed E-state index contributed by atoms with van der Waals surface area (Å²) in [5.74, 6) is 0.420. The minimum Gasteiger partial charge on any atom is -0.366 e. The maximum atomic E-state index is 12.8. The number of benzene rings is 1. The highest BCUT2D eigenvalue weighted by Gasteiger charge is 2.34. The Hall–Kier alpha value is -2.40. The first kappa shape index (κ1) is 19.9. The molecular weight excluding hydrogens is 362 g/mol. The van der Waals surface area contributed by atoms with Crippen LogP contribution in [0.15, 0.2) is 24.4 Å². The van der Waals surface area contributed by atoms with Crippen molar-refractivity contribution < 1.29 is 9.59 Å². The second-order valence-corrected chi connectivity index (χ2v) is 9.55. The van der Waals surface area contributed by atoms with Crippen molar-refractivity contribution in [2.45, 2.75) is 52.9 Å². The molecule has 1 aromatic carbocycles. The predicted octanol–water partition coefficient (Wildman–Crippen LogP) is 3.58. The lowest BCUT2D eigenvalue weighted by molar-refractivity contribution is 0.0909. The third-order valence-corrected chi connectivity index (χ3v) is 6.46. The van der Waals surface area contributed by atoms with Crippen LogP contribution in [-0.4, -0.2) is 29.3 Å². The molecule has 1 aliphatic heterocycles. The van der Waals surface area contributed by atoms with Gasteiger partial charge in [0.15, 0.2) is 5.78 Å². The zero-order valence-electron chi connectivity index (χ0n) is 17.7. The molecule has 29 heavy (non-hydrogen) atoms. The second-order valence-electron chi connectivity index (χ2n) is 9.55. The molecule has 2 aromatic rings. The Morgan fingerprint density at radius 1 is 1.24 bits per heavy atom. The monoisotopic (exact) mass is 393 g/mol. The fourth-order valence-electron chi connectivity index (χ4n) is 5.04. The van der Waals surface area contributed by atoms with E-state index in [9.17, 15) is 9.59 Å². The maximum absolute atomic E-state index is 12.8. The third-order valence-electron chi connectivity index (χ3n) is 6.46. The first-order valence-corrected chi connectivity index (χ1v) is 10.6. The summed E-state index contributed by atoms with van der Waals surface area (Å²) in [7, 11) is 0. The van der Waals surface area contributed by atoms with Gasteiger partial charge in [0, 0.05) is 35.1 Å². The minimum absolute atomic E-state index is 0.0439. The van der Waals surface area contributed by atoms with Gasteiger partial charge < -0.3 is 15.6 Å². The number of hydrogen-bond acceptors (Lipinski definition) is 3. The van der Waals surface area contributed by atoms with Gasteiger partial charge in [0.1, 0.15) is 0 Å². The van der Waals surface area contributed by atoms with Crippen molar-refractivity contribution in [3.8, 4) is 5.69 Å². The van der Waals surface area contributed by atoms with E-state index in [0.717, 1.165) is 66.8 Å². The summed E-state index contributed by atoms with van der Waals surface area (Å²) < 4.78 is 2.15. The number of aryl methyl sites for hydroxylation is 1. The van der Waals surface area contributed by atoms with Gasteiger partial charge in [-0.05, 0) is 86.4 Å². The number of carbonyl (C=O) groups excluding carboxylic acids is 2. The fourth-order valence-corrected chi connectivity index (χ4v) is 5.04. The standard InChI is InChI=1S/C24H31N3O2/c1-15-14-27(20-12-24(2,3)13-21(28)22(15)20)18-4-5-19(23(25)29)17(11-18)10-16-6-8-26-9-7-16/h4-5,11,14,16,26H,6-10,12-13H2,1-3H3,(H2,25,29). The summed E-state index contributed by atoms with van der Waals surface area (Å²) in [6.45, 7) is 8.37. The Bertz CT molecular complexity index is 965. The van der Waals surface area contributed by atoms with Crippen LogP contribution in [0.4, 0.5) is 0 Å². The summed E-state index contributed by atoms with van der Waals surface area (Å²) in [6.07, 6.45) is 6.61. The van der Waals surface area contributed by atoms with Gasteiger partial charge in [-0.1, -0.05) is 13.8 Å². The van der Waals surface area contributed by atoms with E-state index in [1.807, 2.05) is 19.1 Å². The van der Waals surface area contributed by atoms with Crippen LogP contribution >= 0.6 is 0 Å². The average Bonchev–Trinajstić information content (AvgIpc) is 2.97. The highest BCUT2D eigenvalue weighted by Crippen LogP contribution is 2.38. The molecule has 1 aliphatic carbocycles. The Balaban J connectivity index is 1.76. The molecule has 154 valence electrons. The topological polar surface area (TPSA) is 77.1 Å². The first-order valence-electron chi connectivity index (χ1n) is 10.6. The van der Waals surface area contributed by atoms with Gasteiger partial charge in [-0.15, -0.1) is 0 Å². The molecule has 0 unspecified atom stereocenters. The number of hydrogen-bond donors (Lipinski definition) is 2. The van der Waals surface area contributed by atoms with Crippen LogP contribution in [0, 0.1) is 18.3 Å². The van der Waals surface area contributed by atoms with Crippen LogP contribution in [0.5, 0.6) is 0 Å². The van der Waals surface area contributed by atoms with Crippen molar-refractivity contribution in [1.82, 2.24) is 9.88 Å². The van der Waals surface area contributed by atoms with E-state index in [0.29, 0.717) is 17.9 Å². The number of nitrogens with one attached hydrogen (secondary N) is 1. The van der Waals surface area contributed by atoms with Crippen molar-refractivity contribution in [3.05, 3.63) is 52.3 Å². The Labute approximate surface area is 172 Å². The van der Waals surface area contributed by atoms with Crippen molar-refractivity contribution in [3.63, 3.8) is 0 Å². The number of primary amides is 1. The minimum atomic E-state index is -0.373. The molecule has 0 saturated carbocycles. The molecule has 1 saturated heterocycles. The number of piperidine rings is 1. The van der Waals surface area contributed by atoms with Gasteiger partial charge in [-0.2, -0.15) is 0 Å². The quantitative estimate of drug-likeness (QED) is 0.833. The molecule has 5 nitrogen and oxygen atoms in total. The van der Waals surface area contributed by atoms with E-state index in [-0.39, 0.29) is 17.1 Å². The van der Waals surface area contributed by atoms with Crippen LogP contribution in [0.1, 0.15) is 70.6 Å². The zero-order chi connectivity index (χ0) is 20.8. The highest BCUT2D eigenvalue weighted by molar-refractivity contribution is 6.00. The van der Waals surface area contributed by atoms with Crippen molar-refractivity contribution in [2.75, 3.05) is 13.1 Å². The molecular formula is C24H31N3O2. The van der Waals surface area contributed by atoms with Crippen molar-refractivity contribution >= 4 is 11.7 Å². The van der Waals surface area contributed by atoms with Crippen molar-refractivity contribution in [1.29, 1.82) is 0 Å². The normalized spacial score (nSPS) is 19.2. The SMILES string of the molecule is Cc1cn(-c2ccc(C(N)=O)c(CC3CCNCC3)c2)c2c1C(=O)CC(C)(C)C2. The van der Waals surface area contributed by atoms with Gasteiger partial charge in [0.25, 0.3) is 0 Å². The van der Waals surface area contributed by atoms with Crippen LogP contribution in [0.2, 0.25) is 0 Å². The van der Waals surface area contributed by atoms with Gasteiger partial charge in [-0.25, -0.2) is 0 Å². The molecule has 2 aliphatic rings. The maximum Gasteiger partial charge on any atom is 0.248 e. The number of ketones is 1. The predicted molar refractivity (Wildman–Crippen MR) is 115 cm³/mol. The zero-order valence-corrected chi connectivity index (χ0v) is 17.7. The lowest BCUT2D eigenvalue weighted by Gasteiger charge is -2.30. The lowest BCUT2D eigenvalue weighted by atomic mass is 9.75. The number of Topliss-reactive ketones (excluding diaryl/α,β-unsaturated/α-hetero) is 1. The van der Waals surface area contributed by atoms with Gasteiger partial charge in [0.2, 0.25) is 5.91 Å². The van der Waals surface area contributed by atoms with E-state index in [4.69, 9.17) is 5.73 Å². The highest BCUT2D eigenvalue weighted by atomic mass is 16.1. The van der Waals surface area contributed by atoms with E-state index in [1.54, 1.807) is 0 Å². The summed E-state index contributed by atoms with van der Waals surface area (Å²) in [4.78, 5) is 24.8. The van der Waals surface area contributed by atoms with Gasteiger partial charge in [-0.3, -0.25) is 9.59 Å². The molecule has 0 bridgehead atoms. The van der Waals surface area contributed by atoms with E-state index < -0.39 is 0 Å². The largest absolute Gasteiger partial charge is 0.366 e. The number of nitrogens with two attached hydrogens (primary N) is 1. The molecule has 2 heterocycles. The van der Waals surface area contributed by atoms with Crippen LogP contribution in [-0.2, 0) is 12.8 Å². The third kappa shape index (κ3) is 3.88. The van der Waals surface area contributed by atoms with Crippen LogP contribution < -0.4 is 11.1 Å². The van der Waals surface area contributed by atoms with E-state index in [2.05, 4.69) is 36.0 Å².